The molecular formula is C12H21NO2. The normalized spacial score (nSPS) is 9.87. The maximum atomic E-state index is 8.86. The zero-order chi connectivity index (χ0) is 10.4. The monoisotopic (exact) mass is 211 g/mol. The molecule has 0 saturated carbocycles. The van der Waals surface area contributed by atoms with Crippen molar-refractivity contribution >= 4 is 0 Å². The number of pyridine rings is 1. The van der Waals surface area contributed by atoms with Crippen LogP contribution in [0.4, 0.5) is 0 Å². The smallest absolute Gasteiger partial charge is 0.213 e. The van der Waals surface area contributed by atoms with Crippen molar-refractivity contribution in [2.75, 3.05) is 6.61 Å². The minimum atomic E-state index is -0.0403. The molecule has 0 amide bonds. The molecule has 15 heavy (non-hydrogen) atoms. The molecule has 1 rings (SSSR count). The van der Waals surface area contributed by atoms with Crippen molar-refractivity contribution in [3.63, 3.8) is 0 Å². The maximum absolute atomic E-state index is 8.86. The summed E-state index contributed by atoms with van der Waals surface area (Å²) in [5.74, 6) is 1.23. The van der Waals surface area contributed by atoms with Gasteiger partial charge in [0.05, 0.1) is 18.9 Å². The van der Waals surface area contributed by atoms with E-state index >= 15 is 0 Å². The SMILES string of the molecule is C.CC(C)CCOc1cccc(CO)n1. The molecule has 0 unspecified atom stereocenters. The zero-order valence-electron chi connectivity index (χ0n) is 8.73. The standard InChI is InChI=1S/C11H17NO2.CH4/c1-9(2)6-7-14-11-5-3-4-10(8-13)12-11;/h3-5,9,13H,6-8H2,1-2H3;1H4. The summed E-state index contributed by atoms with van der Waals surface area (Å²) >= 11 is 0. The first-order chi connectivity index (χ1) is 6.72. The van der Waals surface area contributed by atoms with E-state index in [0.29, 0.717) is 24.1 Å². The van der Waals surface area contributed by atoms with E-state index in [1.807, 2.05) is 6.07 Å². The van der Waals surface area contributed by atoms with Gasteiger partial charge in [0.2, 0.25) is 5.88 Å². The third kappa shape index (κ3) is 5.37. The van der Waals surface area contributed by atoms with Gasteiger partial charge in [0.15, 0.2) is 0 Å². The fraction of sp³-hybridized carbons (Fsp3) is 0.583. The van der Waals surface area contributed by atoms with Gasteiger partial charge in [-0.3, -0.25) is 0 Å². The van der Waals surface area contributed by atoms with Crippen LogP contribution in [0.25, 0.3) is 0 Å². The summed E-state index contributed by atoms with van der Waals surface area (Å²) in [7, 11) is 0. The Kier molecular flexibility index (Phi) is 6.71. The Labute approximate surface area is 92.1 Å². The van der Waals surface area contributed by atoms with E-state index in [9.17, 15) is 0 Å². The number of aromatic nitrogens is 1. The molecule has 0 atom stereocenters. The van der Waals surface area contributed by atoms with Gasteiger partial charge in [-0.2, -0.15) is 0 Å². The quantitative estimate of drug-likeness (QED) is 0.814. The van der Waals surface area contributed by atoms with Crippen molar-refractivity contribution in [1.29, 1.82) is 0 Å². The van der Waals surface area contributed by atoms with Crippen LogP contribution in [-0.2, 0) is 6.61 Å². The highest BCUT2D eigenvalue weighted by Crippen LogP contribution is 2.09. The number of hydrogen-bond donors (Lipinski definition) is 1. The average molecular weight is 211 g/mol. The molecule has 0 aliphatic carbocycles. The van der Waals surface area contributed by atoms with Crippen molar-refractivity contribution < 1.29 is 9.84 Å². The lowest BCUT2D eigenvalue weighted by Gasteiger charge is -2.07. The highest BCUT2D eigenvalue weighted by atomic mass is 16.5. The second kappa shape index (κ2) is 7.23. The van der Waals surface area contributed by atoms with Gasteiger partial charge < -0.3 is 9.84 Å². The van der Waals surface area contributed by atoms with Gasteiger partial charge in [0, 0.05) is 6.07 Å². The number of ether oxygens (including phenoxy) is 1. The predicted molar refractivity (Wildman–Crippen MR) is 61.8 cm³/mol. The van der Waals surface area contributed by atoms with E-state index in [4.69, 9.17) is 9.84 Å². The lowest BCUT2D eigenvalue weighted by molar-refractivity contribution is 0.262. The molecule has 1 aromatic rings. The zero-order valence-corrected chi connectivity index (χ0v) is 8.73. The fourth-order valence-corrected chi connectivity index (χ4v) is 1.03. The summed E-state index contributed by atoms with van der Waals surface area (Å²) in [6.07, 6.45) is 1.02. The Bertz CT molecular complexity index is 274. The highest BCUT2D eigenvalue weighted by Gasteiger charge is 1.98. The Morgan fingerprint density at radius 3 is 2.73 bits per heavy atom. The molecule has 0 aliphatic heterocycles. The summed E-state index contributed by atoms with van der Waals surface area (Å²) in [4.78, 5) is 4.12. The van der Waals surface area contributed by atoms with E-state index < -0.39 is 0 Å². The van der Waals surface area contributed by atoms with Gasteiger partial charge in [-0.05, 0) is 18.4 Å². The van der Waals surface area contributed by atoms with Gasteiger partial charge in [-0.1, -0.05) is 27.3 Å². The first-order valence-corrected chi connectivity index (χ1v) is 4.92. The van der Waals surface area contributed by atoms with E-state index in [1.165, 1.54) is 0 Å². The average Bonchev–Trinajstić information content (AvgIpc) is 2.18. The second-order valence-electron chi connectivity index (χ2n) is 3.66. The Morgan fingerprint density at radius 1 is 1.40 bits per heavy atom. The van der Waals surface area contributed by atoms with Crippen LogP contribution in [0.5, 0.6) is 5.88 Å². The van der Waals surface area contributed by atoms with E-state index in [2.05, 4.69) is 18.8 Å². The molecule has 0 fully saturated rings. The van der Waals surface area contributed by atoms with Crippen LogP contribution in [-0.4, -0.2) is 16.7 Å². The van der Waals surface area contributed by atoms with E-state index in [0.717, 1.165) is 6.42 Å². The van der Waals surface area contributed by atoms with Crippen molar-refractivity contribution in [3.05, 3.63) is 23.9 Å². The largest absolute Gasteiger partial charge is 0.478 e. The van der Waals surface area contributed by atoms with Gasteiger partial charge >= 0.3 is 0 Å². The lowest BCUT2D eigenvalue weighted by Crippen LogP contribution is -2.03. The van der Waals surface area contributed by atoms with E-state index in [-0.39, 0.29) is 14.0 Å². The molecule has 1 N–H and O–H groups in total. The summed E-state index contributed by atoms with van der Waals surface area (Å²) in [5.41, 5.74) is 0.645. The molecule has 3 heteroatoms. The number of rotatable bonds is 5. The van der Waals surface area contributed by atoms with E-state index in [1.54, 1.807) is 12.1 Å². The summed E-state index contributed by atoms with van der Waals surface area (Å²) < 4.78 is 5.44. The molecule has 0 aromatic carbocycles. The van der Waals surface area contributed by atoms with Crippen molar-refractivity contribution in [2.24, 2.45) is 5.92 Å². The molecule has 0 bridgehead atoms. The topological polar surface area (TPSA) is 42.4 Å². The molecule has 0 spiro atoms. The number of nitrogens with zero attached hydrogens (tertiary/aromatic N) is 1. The Morgan fingerprint density at radius 2 is 2.13 bits per heavy atom. The maximum Gasteiger partial charge on any atom is 0.213 e. The number of aliphatic hydroxyl groups excluding tert-OH is 1. The van der Waals surface area contributed by atoms with Gasteiger partial charge in [-0.25, -0.2) is 4.98 Å². The minimum absolute atomic E-state index is 0. The van der Waals surface area contributed by atoms with Gasteiger partial charge in [-0.15, -0.1) is 0 Å². The summed E-state index contributed by atoms with van der Waals surface area (Å²) in [6.45, 7) is 4.95. The molecule has 1 aromatic heterocycles. The molecule has 1 heterocycles. The Balaban J connectivity index is 0.00000196. The van der Waals surface area contributed by atoms with Gasteiger partial charge in [0.1, 0.15) is 0 Å². The molecule has 86 valence electrons. The number of aliphatic hydroxyl groups is 1. The molecule has 0 aliphatic rings. The van der Waals surface area contributed by atoms with Crippen molar-refractivity contribution in [1.82, 2.24) is 4.98 Å². The second-order valence-corrected chi connectivity index (χ2v) is 3.66. The first kappa shape index (κ1) is 13.9. The summed E-state index contributed by atoms with van der Waals surface area (Å²) in [5, 5.41) is 8.86. The van der Waals surface area contributed by atoms with Crippen LogP contribution >= 0.6 is 0 Å². The lowest BCUT2D eigenvalue weighted by atomic mass is 10.1. The summed E-state index contributed by atoms with van der Waals surface area (Å²) in [6, 6.07) is 5.41. The van der Waals surface area contributed by atoms with Crippen LogP contribution < -0.4 is 4.74 Å². The van der Waals surface area contributed by atoms with Crippen molar-refractivity contribution in [3.8, 4) is 5.88 Å². The van der Waals surface area contributed by atoms with Crippen LogP contribution in [0.2, 0.25) is 0 Å². The Hall–Kier alpha value is -1.09. The highest BCUT2D eigenvalue weighted by molar-refractivity contribution is 5.15. The van der Waals surface area contributed by atoms with Crippen LogP contribution in [0, 0.1) is 5.92 Å². The predicted octanol–water partition coefficient (Wildman–Crippen LogP) is 2.63. The molecule has 3 nitrogen and oxygen atoms in total. The first-order valence-electron chi connectivity index (χ1n) is 4.92. The van der Waals surface area contributed by atoms with Crippen molar-refractivity contribution in [2.45, 2.75) is 34.3 Å². The molecule has 0 saturated heterocycles. The van der Waals surface area contributed by atoms with Gasteiger partial charge in [0.25, 0.3) is 0 Å². The minimum Gasteiger partial charge on any atom is -0.478 e. The van der Waals surface area contributed by atoms with Crippen LogP contribution in [0.1, 0.15) is 33.4 Å². The molecular weight excluding hydrogens is 190 g/mol. The van der Waals surface area contributed by atoms with Crippen LogP contribution in [0.3, 0.4) is 0 Å². The number of hydrogen-bond acceptors (Lipinski definition) is 3. The van der Waals surface area contributed by atoms with Crippen LogP contribution in [0.15, 0.2) is 18.2 Å². The third-order valence-corrected chi connectivity index (χ3v) is 1.89. The third-order valence-electron chi connectivity index (χ3n) is 1.89. The molecule has 0 radical (unpaired) electrons. The fourth-order valence-electron chi connectivity index (χ4n) is 1.03.